The number of hydrogen-bond acceptors (Lipinski definition) is 7. The Hall–Kier alpha value is -3.87. The van der Waals surface area contributed by atoms with Crippen molar-refractivity contribution in [2.45, 2.75) is 58.0 Å². The highest BCUT2D eigenvalue weighted by Crippen LogP contribution is 2.23. The molecule has 1 aliphatic heterocycles. The fourth-order valence-corrected chi connectivity index (χ4v) is 3.67. The maximum absolute atomic E-state index is 12.5. The number of esters is 3. The molecule has 0 N–H and O–H groups in total. The Morgan fingerprint density at radius 2 is 1.70 bits per heavy atom. The molecule has 0 aliphatic carbocycles. The lowest BCUT2D eigenvalue weighted by Gasteiger charge is -2.09. The van der Waals surface area contributed by atoms with E-state index >= 15 is 0 Å². The van der Waals surface area contributed by atoms with Gasteiger partial charge in [0.2, 0.25) is 0 Å². The first-order valence-corrected chi connectivity index (χ1v) is 12.7. The van der Waals surface area contributed by atoms with Gasteiger partial charge in [0.05, 0.1) is 18.8 Å². The molecule has 0 aromatic heterocycles. The first kappa shape index (κ1) is 27.7. The number of rotatable bonds is 14. The van der Waals surface area contributed by atoms with E-state index in [2.05, 4.69) is 6.58 Å². The van der Waals surface area contributed by atoms with Crippen LogP contribution in [0.15, 0.2) is 66.8 Å². The lowest BCUT2D eigenvalue weighted by molar-refractivity contribution is -0.139. The monoisotopic (exact) mass is 506 g/mol. The highest BCUT2D eigenvalue weighted by Gasteiger charge is 2.26. The normalized spacial score (nSPS) is 15.0. The van der Waals surface area contributed by atoms with Gasteiger partial charge in [-0.2, -0.15) is 0 Å². The summed E-state index contributed by atoms with van der Waals surface area (Å²) in [6.45, 7) is 6.72. The van der Waals surface area contributed by atoms with Gasteiger partial charge in [-0.05, 0) is 80.1 Å². The van der Waals surface area contributed by atoms with Crippen LogP contribution in [0.3, 0.4) is 0 Å². The molecular formula is C30H34O7. The van der Waals surface area contributed by atoms with Crippen LogP contribution < -0.4 is 9.47 Å². The van der Waals surface area contributed by atoms with Gasteiger partial charge in [-0.15, -0.1) is 0 Å². The molecule has 2 aromatic rings. The molecule has 0 amide bonds. The minimum atomic E-state index is -0.468. The summed E-state index contributed by atoms with van der Waals surface area (Å²) < 4.78 is 21.5. The summed E-state index contributed by atoms with van der Waals surface area (Å²) in [6.07, 6.45) is 9.11. The van der Waals surface area contributed by atoms with E-state index in [1.54, 1.807) is 54.6 Å². The molecule has 7 nitrogen and oxygen atoms in total. The van der Waals surface area contributed by atoms with Gasteiger partial charge in [0.1, 0.15) is 17.6 Å². The second-order valence-corrected chi connectivity index (χ2v) is 8.87. The molecule has 196 valence electrons. The van der Waals surface area contributed by atoms with Crippen LogP contribution in [0.5, 0.6) is 11.5 Å². The average molecular weight is 507 g/mol. The summed E-state index contributed by atoms with van der Waals surface area (Å²) in [5.41, 5.74) is 1.77. The van der Waals surface area contributed by atoms with Gasteiger partial charge in [-0.25, -0.2) is 14.4 Å². The van der Waals surface area contributed by atoms with Crippen molar-refractivity contribution in [3.8, 4) is 11.5 Å². The molecule has 0 saturated carbocycles. The summed E-state index contributed by atoms with van der Waals surface area (Å²) >= 11 is 0. The Bertz CT molecular complexity index is 1070. The molecule has 1 saturated heterocycles. The topological polar surface area (TPSA) is 88.1 Å². The van der Waals surface area contributed by atoms with Crippen LogP contribution >= 0.6 is 0 Å². The van der Waals surface area contributed by atoms with Crippen LogP contribution in [0.2, 0.25) is 0 Å². The predicted molar refractivity (Wildman–Crippen MR) is 140 cm³/mol. The zero-order valence-electron chi connectivity index (χ0n) is 21.3. The maximum Gasteiger partial charge on any atom is 0.343 e. The summed E-state index contributed by atoms with van der Waals surface area (Å²) in [5.74, 6) is -0.0304. The second-order valence-electron chi connectivity index (χ2n) is 8.87. The number of benzene rings is 2. The van der Waals surface area contributed by atoms with Gasteiger partial charge in [0.25, 0.3) is 0 Å². The van der Waals surface area contributed by atoms with Crippen molar-refractivity contribution >= 4 is 24.0 Å². The Balaban J connectivity index is 1.34. The molecule has 3 rings (SSSR count). The van der Waals surface area contributed by atoms with E-state index in [1.807, 2.05) is 6.92 Å². The molecule has 1 heterocycles. The maximum atomic E-state index is 12.5. The third-order valence-corrected chi connectivity index (χ3v) is 5.81. The van der Waals surface area contributed by atoms with Gasteiger partial charge in [-0.3, -0.25) is 0 Å². The van der Waals surface area contributed by atoms with Gasteiger partial charge in [-0.1, -0.05) is 32.1 Å². The van der Waals surface area contributed by atoms with Crippen LogP contribution in [0.4, 0.5) is 0 Å². The molecular weight excluding hydrogens is 472 g/mol. The molecule has 1 atom stereocenters. The third-order valence-electron chi connectivity index (χ3n) is 5.81. The molecule has 2 aromatic carbocycles. The van der Waals surface area contributed by atoms with Crippen molar-refractivity contribution in [3.63, 3.8) is 0 Å². The molecule has 0 bridgehead atoms. The largest absolute Gasteiger partial charge is 0.494 e. The minimum Gasteiger partial charge on any atom is -0.494 e. The van der Waals surface area contributed by atoms with E-state index in [0.29, 0.717) is 42.3 Å². The van der Waals surface area contributed by atoms with Gasteiger partial charge in [0, 0.05) is 18.1 Å². The number of carbonyl (C=O) groups is 3. The Kier molecular flexibility index (Phi) is 11.0. The minimum absolute atomic E-state index is 0.0335. The summed E-state index contributed by atoms with van der Waals surface area (Å²) in [6, 6.07) is 13.7. The molecule has 1 aliphatic rings. The number of hydrogen-bond donors (Lipinski definition) is 0. The van der Waals surface area contributed by atoms with Gasteiger partial charge < -0.3 is 18.9 Å². The molecule has 1 fully saturated rings. The lowest BCUT2D eigenvalue weighted by Crippen LogP contribution is -2.08. The van der Waals surface area contributed by atoms with Crippen LogP contribution in [0, 0.1) is 0 Å². The zero-order valence-corrected chi connectivity index (χ0v) is 21.3. The van der Waals surface area contributed by atoms with Crippen LogP contribution in [-0.2, 0) is 19.1 Å². The highest BCUT2D eigenvalue weighted by molar-refractivity contribution is 5.91. The third kappa shape index (κ3) is 9.60. The molecule has 0 spiro atoms. The first-order chi connectivity index (χ1) is 17.9. The average Bonchev–Trinajstić information content (AvgIpc) is 3.22. The number of unbranched alkanes of at least 4 members (excludes halogenated alkanes) is 3. The van der Waals surface area contributed by atoms with Gasteiger partial charge >= 0.3 is 17.9 Å². The number of ether oxygens (including phenoxy) is 4. The number of cyclic esters (lactones) is 1. The van der Waals surface area contributed by atoms with E-state index in [9.17, 15) is 14.4 Å². The lowest BCUT2D eigenvalue weighted by atomic mass is 10.1. The Morgan fingerprint density at radius 3 is 2.38 bits per heavy atom. The zero-order chi connectivity index (χ0) is 26.5. The predicted octanol–water partition coefficient (Wildman–Crippen LogP) is 6.07. The summed E-state index contributed by atoms with van der Waals surface area (Å²) in [4.78, 5) is 35.4. The Labute approximate surface area is 218 Å². The van der Waals surface area contributed by atoms with Crippen LogP contribution in [0.1, 0.15) is 67.8 Å². The van der Waals surface area contributed by atoms with Crippen molar-refractivity contribution in [1.82, 2.24) is 0 Å². The van der Waals surface area contributed by atoms with Crippen molar-refractivity contribution < 1.29 is 33.3 Å². The molecule has 7 heteroatoms. The first-order valence-electron chi connectivity index (χ1n) is 12.7. The SMILES string of the molecule is C=C1CC(CCCCCOc2ccc(C(=O)Oc3ccc(C=CC(=O)OCCCC)cc3)cc2)OC1=O. The molecule has 1 unspecified atom stereocenters. The number of carbonyl (C=O) groups excluding carboxylic acids is 3. The van der Waals surface area contributed by atoms with Crippen molar-refractivity contribution in [2.75, 3.05) is 13.2 Å². The summed E-state index contributed by atoms with van der Waals surface area (Å²) in [5, 5.41) is 0. The second kappa shape index (κ2) is 14.6. The van der Waals surface area contributed by atoms with E-state index < -0.39 is 5.97 Å². The van der Waals surface area contributed by atoms with Crippen molar-refractivity contribution in [2.24, 2.45) is 0 Å². The standard InChI is InChI=1S/C30H34O7/c1-3-4-19-35-28(31)18-11-23-9-14-26(15-10-23)36-30(33)24-12-16-25(17-13-24)34-20-7-5-6-8-27-21-22(2)29(32)37-27/h9-18,27H,2-8,19-21H2,1H3. The summed E-state index contributed by atoms with van der Waals surface area (Å²) in [7, 11) is 0. The highest BCUT2D eigenvalue weighted by atomic mass is 16.6. The van der Waals surface area contributed by atoms with E-state index in [4.69, 9.17) is 18.9 Å². The quantitative estimate of drug-likeness (QED) is 0.133. The van der Waals surface area contributed by atoms with Crippen LogP contribution in [0.25, 0.3) is 6.08 Å². The fourth-order valence-electron chi connectivity index (χ4n) is 3.67. The molecule has 37 heavy (non-hydrogen) atoms. The van der Waals surface area contributed by atoms with E-state index in [-0.39, 0.29) is 18.0 Å². The van der Waals surface area contributed by atoms with Crippen molar-refractivity contribution in [3.05, 3.63) is 77.9 Å². The van der Waals surface area contributed by atoms with Crippen molar-refractivity contribution in [1.29, 1.82) is 0 Å². The van der Waals surface area contributed by atoms with Crippen LogP contribution in [-0.4, -0.2) is 37.2 Å². The smallest absolute Gasteiger partial charge is 0.343 e. The van der Waals surface area contributed by atoms with E-state index in [1.165, 1.54) is 6.08 Å². The van der Waals surface area contributed by atoms with Gasteiger partial charge in [0.15, 0.2) is 0 Å². The fraction of sp³-hybridized carbons (Fsp3) is 0.367. The Morgan fingerprint density at radius 1 is 0.973 bits per heavy atom. The van der Waals surface area contributed by atoms with E-state index in [0.717, 1.165) is 44.1 Å². The molecule has 0 radical (unpaired) electrons.